The first-order chi connectivity index (χ1) is 14.5. The first-order valence-electron chi connectivity index (χ1n) is 9.86. The van der Waals surface area contributed by atoms with E-state index in [1.807, 2.05) is 6.07 Å². The van der Waals surface area contributed by atoms with Crippen molar-refractivity contribution < 1.29 is 28.5 Å². The summed E-state index contributed by atoms with van der Waals surface area (Å²) in [5.74, 6) is -0.268. The maximum atomic E-state index is 13.0. The topological polar surface area (TPSA) is 83.4 Å². The number of carbonyl (C=O) groups is 2. The summed E-state index contributed by atoms with van der Waals surface area (Å²) in [7, 11) is 4.58. The van der Waals surface area contributed by atoms with Gasteiger partial charge in [0.25, 0.3) is 0 Å². The molecule has 1 aliphatic carbocycles. The monoisotopic (exact) mass is 413 g/mol. The highest BCUT2D eigenvalue weighted by molar-refractivity contribution is 6.11. The molecule has 0 amide bonds. The second kappa shape index (κ2) is 9.15. The minimum absolute atomic E-state index is 0.0587. The van der Waals surface area contributed by atoms with Crippen molar-refractivity contribution in [1.82, 2.24) is 0 Å². The minimum atomic E-state index is -0.586. The van der Waals surface area contributed by atoms with Crippen LogP contribution in [0.1, 0.15) is 37.7 Å². The maximum Gasteiger partial charge on any atom is 0.336 e. The molecule has 0 spiro atoms. The van der Waals surface area contributed by atoms with Gasteiger partial charge in [0, 0.05) is 29.3 Å². The van der Waals surface area contributed by atoms with Crippen molar-refractivity contribution in [3.05, 3.63) is 41.6 Å². The molecule has 1 heterocycles. The van der Waals surface area contributed by atoms with Crippen LogP contribution in [0.5, 0.6) is 17.2 Å². The van der Waals surface area contributed by atoms with Gasteiger partial charge in [-0.1, -0.05) is 18.7 Å². The fourth-order valence-corrected chi connectivity index (χ4v) is 4.30. The Hall–Kier alpha value is -3.09. The molecule has 1 saturated carbocycles. The van der Waals surface area contributed by atoms with Crippen molar-refractivity contribution in [3.8, 4) is 17.2 Å². The Morgan fingerprint density at radius 1 is 1.13 bits per heavy atom. The van der Waals surface area contributed by atoms with Gasteiger partial charge in [-0.05, 0) is 25.8 Å². The molecular weight excluding hydrogens is 386 g/mol. The lowest BCUT2D eigenvalue weighted by Gasteiger charge is -2.36. The Bertz CT molecular complexity index is 930. The van der Waals surface area contributed by atoms with Gasteiger partial charge in [-0.2, -0.15) is 0 Å². The van der Waals surface area contributed by atoms with Gasteiger partial charge in [0.2, 0.25) is 5.75 Å². The average molecular weight is 413 g/mol. The van der Waals surface area contributed by atoms with E-state index in [0.29, 0.717) is 40.5 Å². The smallest absolute Gasteiger partial charge is 0.336 e. The van der Waals surface area contributed by atoms with Crippen LogP contribution < -0.4 is 14.2 Å². The normalized spacial score (nSPS) is 20.8. The Morgan fingerprint density at radius 3 is 2.50 bits per heavy atom. The fourth-order valence-electron chi connectivity index (χ4n) is 4.30. The lowest BCUT2D eigenvalue weighted by molar-refractivity contribution is -0.138. The molecule has 0 saturated heterocycles. The van der Waals surface area contributed by atoms with Gasteiger partial charge in [-0.15, -0.1) is 0 Å². The highest BCUT2D eigenvalue weighted by atomic mass is 16.5. The summed E-state index contributed by atoms with van der Waals surface area (Å²) in [6, 6.07) is 3.56. The van der Waals surface area contributed by atoms with Gasteiger partial charge in [0.15, 0.2) is 11.5 Å². The Kier molecular flexibility index (Phi) is 6.59. The highest BCUT2D eigenvalue weighted by Crippen LogP contribution is 2.50. The summed E-state index contributed by atoms with van der Waals surface area (Å²) >= 11 is 0. The molecule has 0 N–H and O–H groups in total. The molecule has 3 rings (SSSR count). The molecule has 1 aliphatic heterocycles. The van der Waals surface area contributed by atoms with Crippen LogP contribution in [-0.2, 0) is 14.3 Å². The van der Waals surface area contributed by atoms with E-state index in [1.165, 1.54) is 27.4 Å². The number of aliphatic imine (C=N–C) groups is 1. The molecule has 0 radical (unpaired) electrons. The molecule has 7 nitrogen and oxygen atoms in total. The third-order valence-corrected chi connectivity index (χ3v) is 5.53. The molecule has 160 valence electrons. The number of hydrogen-bond acceptors (Lipinski definition) is 7. The lowest BCUT2D eigenvalue weighted by atomic mass is 9.69. The number of ketones is 1. The van der Waals surface area contributed by atoms with Crippen molar-refractivity contribution in [2.45, 2.75) is 32.1 Å². The van der Waals surface area contributed by atoms with Crippen LogP contribution in [0.15, 0.2) is 41.1 Å². The molecule has 30 heavy (non-hydrogen) atoms. The summed E-state index contributed by atoms with van der Waals surface area (Å²) in [5.41, 5.74) is 2.36. The lowest BCUT2D eigenvalue weighted by Crippen LogP contribution is -2.39. The predicted octanol–water partition coefficient (Wildman–Crippen LogP) is 3.62. The van der Waals surface area contributed by atoms with E-state index in [-0.39, 0.29) is 12.4 Å². The number of carbonyl (C=O) groups excluding carboxylic acids is 2. The van der Waals surface area contributed by atoms with Gasteiger partial charge in [0.1, 0.15) is 12.4 Å². The van der Waals surface area contributed by atoms with Gasteiger partial charge in [0.05, 0.1) is 32.8 Å². The van der Waals surface area contributed by atoms with Gasteiger partial charge in [-0.3, -0.25) is 9.79 Å². The molecule has 1 fully saturated rings. The predicted molar refractivity (Wildman–Crippen MR) is 112 cm³/mol. The van der Waals surface area contributed by atoms with Gasteiger partial charge in [-0.25, -0.2) is 4.79 Å². The van der Waals surface area contributed by atoms with Crippen molar-refractivity contribution in [2.75, 3.05) is 27.9 Å². The SMILES string of the molecule is C=CCOC(=O)C1=C(C)N=C2CCCC(=O)C2C1c1ccc(OC)c(OC)c1OC. The van der Waals surface area contributed by atoms with Gasteiger partial charge >= 0.3 is 5.97 Å². The Morgan fingerprint density at radius 2 is 1.87 bits per heavy atom. The van der Waals surface area contributed by atoms with Gasteiger partial charge < -0.3 is 18.9 Å². The second-order valence-corrected chi connectivity index (χ2v) is 7.19. The average Bonchev–Trinajstić information content (AvgIpc) is 2.75. The van der Waals surface area contributed by atoms with Crippen molar-refractivity contribution in [2.24, 2.45) is 10.9 Å². The highest BCUT2D eigenvalue weighted by Gasteiger charge is 2.45. The Balaban J connectivity index is 2.24. The molecule has 2 aliphatic rings. The van der Waals surface area contributed by atoms with Crippen LogP contribution >= 0.6 is 0 Å². The van der Waals surface area contributed by atoms with E-state index >= 15 is 0 Å². The molecule has 2 unspecified atom stereocenters. The van der Waals surface area contributed by atoms with E-state index in [4.69, 9.17) is 18.9 Å². The maximum absolute atomic E-state index is 13.0. The van der Waals surface area contributed by atoms with Crippen LogP contribution in [0.4, 0.5) is 0 Å². The second-order valence-electron chi connectivity index (χ2n) is 7.19. The minimum Gasteiger partial charge on any atom is -0.493 e. The molecule has 0 aromatic heterocycles. The van der Waals surface area contributed by atoms with E-state index in [0.717, 1.165) is 18.6 Å². The number of esters is 1. The summed E-state index contributed by atoms with van der Waals surface area (Å²) in [5, 5.41) is 0. The molecular formula is C23H27NO6. The number of methoxy groups -OCH3 is 3. The van der Waals surface area contributed by atoms with E-state index in [2.05, 4.69) is 11.6 Å². The first-order valence-corrected chi connectivity index (χ1v) is 9.86. The zero-order chi connectivity index (χ0) is 21.8. The van der Waals surface area contributed by atoms with Crippen LogP contribution in [0.2, 0.25) is 0 Å². The molecule has 7 heteroatoms. The van der Waals surface area contributed by atoms with Crippen LogP contribution in [0.3, 0.4) is 0 Å². The quantitative estimate of drug-likeness (QED) is 0.501. The zero-order valence-electron chi connectivity index (χ0n) is 17.8. The number of ether oxygens (including phenoxy) is 4. The Labute approximate surface area is 176 Å². The number of rotatable bonds is 7. The summed E-state index contributed by atoms with van der Waals surface area (Å²) in [4.78, 5) is 30.6. The number of fused-ring (bicyclic) bond motifs is 1. The molecule has 0 bridgehead atoms. The largest absolute Gasteiger partial charge is 0.493 e. The summed E-state index contributed by atoms with van der Waals surface area (Å²) < 4.78 is 21.9. The van der Waals surface area contributed by atoms with Crippen LogP contribution in [0, 0.1) is 5.92 Å². The fraction of sp³-hybridized carbons (Fsp3) is 0.435. The summed E-state index contributed by atoms with van der Waals surface area (Å²) in [6.07, 6.45) is 3.43. The molecule has 1 aromatic carbocycles. The van der Waals surface area contributed by atoms with Crippen molar-refractivity contribution >= 4 is 17.5 Å². The molecule has 2 atom stereocenters. The first kappa shape index (κ1) is 21.6. The standard InChI is InChI=1S/C23H27NO6/c1-6-12-30-23(26)18-13(2)24-15-8-7-9-16(25)20(15)19(18)14-10-11-17(27-3)22(29-5)21(14)28-4/h6,10-11,19-20H,1,7-9,12H2,2-5H3. The van der Waals surface area contributed by atoms with E-state index in [9.17, 15) is 9.59 Å². The zero-order valence-corrected chi connectivity index (χ0v) is 17.8. The molecule has 1 aromatic rings. The van der Waals surface area contributed by atoms with E-state index in [1.54, 1.807) is 13.0 Å². The summed E-state index contributed by atoms with van der Waals surface area (Å²) in [6.45, 7) is 5.44. The van der Waals surface area contributed by atoms with Crippen molar-refractivity contribution in [3.63, 3.8) is 0 Å². The van der Waals surface area contributed by atoms with E-state index < -0.39 is 17.8 Å². The van der Waals surface area contributed by atoms with Crippen molar-refractivity contribution in [1.29, 1.82) is 0 Å². The third-order valence-electron chi connectivity index (χ3n) is 5.53. The number of nitrogens with zero attached hydrogens (tertiary/aromatic N) is 1. The number of benzene rings is 1. The number of Topliss-reactive ketones (excluding diaryl/α,β-unsaturated/α-hetero) is 1. The van der Waals surface area contributed by atoms with Crippen LogP contribution in [0.25, 0.3) is 0 Å². The number of hydrogen-bond donors (Lipinski definition) is 0. The van der Waals surface area contributed by atoms with Crippen LogP contribution in [-0.4, -0.2) is 45.4 Å². The third kappa shape index (κ3) is 3.72. The number of allylic oxidation sites excluding steroid dienone is 1.